The summed E-state index contributed by atoms with van der Waals surface area (Å²) in [5.41, 5.74) is 1.78. The van der Waals surface area contributed by atoms with Crippen LogP contribution in [-0.2, 0) is 10.3 Å². The molecular weight excluding hydrogens is 230 g/mol. The predicted octanol–water partition coefficient (Wildman–Crippen LogP) is 2.83. The van der Waals surface area contributed by atoms with Crippen molar-refractivity contribution < 1.29 is 14.3 Å². The zero-order valence-electron chi connectivity index (χ0n) is 10.4. The third-order valence-electron chi connectivity index (χ3n) is 3.91. The Hall–Kier alpha value is -1.80. The molecule has 4 nitrogen and oxygen atoms in total. The Kier molecular flexibility index (Phi) is 2.60. The van der Waals surface area contributed by atoms with E-state index in [1.807, 2.05) is 19.1 Å². The van der Waals surface area contributed by atoms with Crippen LogP contribution in [0, 0.1) is 6.92 Å². The van der Waals surface area contributed by atoms with Crippen LogP contribution in [0.5, 0.6) is 11.5 Å². The number of isocyanates is 1. The van der Waals surface area contributed by atoms with Gasteiger partial charge in [-0.25, -0.2) is 4.79 Å². The summed E-state index contributed by atoms with van der Waals surface area (Å²) in [6.45, 7) is 2.29. The van der Waals surface area contributed by atoms with Gasteiger partial charge in [0.05, 0.1) is 5.54 Å². The van der Waals surface area contributed by atoms with Crippen molar-refractivity contribution in [3.8, 4) is 11.5 Å². The predicted molar refractivity (Wildman–Crippen MR) is 65.6 cm³/mol. The van der Waals surface area contributed by atoms with E-state index in [0.29, 0.717) is 0 Å². The molecule has 0 unspecified atom stereocenters. The molecule has 3 rings (SSSR count). The zero-order valence-corrected chi connectivity index (χ0v) is 10.4. The molecule has 18 heavy (non-hydrogen) atoms. The number of rotatable bonds is 2. The van der Waals surface area contributed by atoms with Crippen LogP contribution in [0.3, 0.4) is 0 Å². The van der Waals surface area contributed by atoms with Gasteiger partial charge in [0.25, 0.3) is 0 Å². The number of hydrogen-bond acceptors (Lipinski definition) is 4. The molecule has 0 radical (unpaired) electrons. The first-order chi connectivity index (χ1) is 8.75. The summed E-state index contributed by atoms with van der Waals surface area (Å²) >= 11 is 0. The van der Waals surface area contributed by atoms with E-state index in [4.69, 9.17) is 9.47 Å². The molecule has 1 heterocycles. The van der Waals surface area contributed by atoms with E-state index >= 15 is 0 Å². The van der Waals surface area contributed by atoms with Crippen molar-refractivity contribution in [3.05, 3.63) is 23.3 Å². The third-order valence-corrected chi connectivity index (χ3v) is 3.91. The molecule has 1 aromatic rings. The molecule has 0 aromatic heterocycles. The second kappa shape index (κ2) is 4.14. The van der Waals surface area contributed by atoms with Gasteiger partial charge in [-0.05, 0) is 43.0 Å². The average Bonchev–Trinajstić information content (AvgIpc) is 2.97. The Labute approximate surface area is 106 Å². The molecule has 0 N–H and O–H groups in total. The van der Waals surface area contributed by atoms with Crippen LogP contribution in [0.2, 0.25) is 0 Å². The number of carbonyl (C=O) groups excluding carboxylic acids is 1. The molecule has 0 amide bonds. The SMILES string of the molecule is Cc1cc2c(cc1C1(N=C=O)CCCC1)OCO2. The molecule has 0 spiro atoms. The molecule has 0 saturated heterocycles. The molecule has 94 valence electrons. The number of fused-ring (bicyclic) bond motifs is 1. The summed E-state index contributed by atoms with van der Waals surface area (Å²) in [6.07, 6.45) is 5.75. The fourth-order valence-corrected chi connectivity index (χ4v) is 3.03. The molecule has 1 aromatic carbocycles. The first-order valence-electron chi connectivity index (χ1n) is 6.25. The van der Waals surface area contributed by atoms with Crippen molar-refractivity contribution >= 4 is 6.08 Å². The van der Waals surface area contributed by atoms with Gasteiger partial charge >= 0.3 is 0 Å². The van der Waals surface area contributed by atoms with Crippen molar-refractivity contribution in [2.45, 2.75) is 38.1 Å². The maximum Gasteiger partial charge on any atom is 0.235 e. The van der Waals surface area contributed by atoms with Crippen LogP contribution in [0.1, 0.15) is 36.8 Å². The summed E-state index contributed by atoms with van der Waals surface area (Å²) in [7, 11) is 0. The lowest BCUT2D eigenvalue weighted by molar-refractivity contribution is 0.174. The fraction of sp³-hybridized carbons (Fsp3) is 0.500. The van der Waals surface area contributed by atoms with E-state index in [-0.39, 0.29) is 6.79 Å². The highest BCUT2D eigenvalue weighted by molar-refractivity contribution is 5.52. The Balaban J connectivity index is 2.12. The number of benzene rings is 1. The van der Waals surface area contributed by atoms with E-state index in [2.05, 4.69) is 4.99 Å². The summed E-state index contributed by atoms with van der Waals surface area (Å²) in [5.74, 6) is 1.53. The number of hydrogen-bond donors (Lipinski definition) is 0. The van der Waals surface area contributed by atoms with E-state index in [0.717, 1.165) is 48.3 Å². The minimum absolute atomic E-state index is 0.266. The maximum absolute atomic E-state index is 10.7. The van der Waals surface area contributed by atoms with Crippen molar-refractivity contribution in [2.24, 2.45) is 4.99 Å². The van der Waals surface area contributed by atoms with Crippen LogP contribution >= 0.6 is 0 Å². The average molecular weight is 245 g/mol. The highest BCUT2D eigenvalue weighted by atomic mass is 16.7. The first-order valence-corrected chi connectivity index (χ1v) is 6.25. The highest BCUT2D eigenvalue weighted by Crippen LogP contribution is 2.46. The second-order valence-corrected chi connectivity index (χ2v) is 4.96. The molecule has 1 aliphatic carbocycles. The summed E-state index contributed by atoms with van der Waals surface area (Å²) in [6, 6.07) is 3.95. The molecule has 2 aliphatic rings. The number of ether oxygens (including phenoxy) is 2. The Bertz CT molecular complexity index is 526. The van der Waals surface area contributed by atoms with Gasteiger partial charge in [0.15, 0.2) is 11.5 Å². The number of aryl methyl sites for hydroxylation is 1. The standard InChI is InChI=1S/C14H15NO3/c1-10-6-12-13(18-9-17-12)7-11(10)14(15-8-16)4-2-3-5-14/h6-7H,2-5,9H2,1H3. The minimum atomic E-state index is -0.396. The fourth-order valence-electron chi connectivity index (χ4n) is 3.03. The lowest BCUT2D eigenvalue weighted by Crippen LogP contribution is -2.20. The van der Waals surface area contributed by atoms with Gasteiger partial charge in [-0.2, -0.15) is 4.99 Å². The smallest absolute Gasteiger partial charge is 0.235 e. The summed E-state index contributed by atoms with van der Waals surface area (Å²) < 4.78 is 10.8. The Morgan fingerprint density at radius 3 is 2.56 bits per heavy atom. The van der Waals surface area contributed by atoms with Crippen LogP contribution in [0.4, 0.5) is 0 Å². The lowest BCUT2D eigenvalue weighted by atomic mass is 9.85. The summed E-state index contributed by atoms with van der Waals surface area (Å²) in [4.78, 5) is 14.8. The van der Waals surface area contributed by atoms with Gasteiger partial charge in [0.2, 0.25) is 12.9 Å². The molecular formula is C14H15NO3. The molecule has 0 bridgehead atoms. The topological polar surface area (TPSA) is 47.9 Å². The number of aliphatic imine (C=N–C) groups is 1. The van der Waals surface area contributed by atoms with E-state index < -0.39 is 5.54 Å². The van der Waals surface area contributed by atoms with E-state index in [9.17, 15) is 4.79 Å². The van der Waals surface area contributed by atoms with Gasteiger partial charge < -0.3 is 9.47 Å². The molecule has 1 fully saturated rings. The summed E-state index contributed by atoms with van der Waals surface area (Å²) in [5, 5.41) is 0. The van der Waals surface area contributed by atoms with Crippen molar-refractivity contribution in [1.82, 2.24) is 0 Å². The number of nitrogens with zero attached hydrogens (tertiary/aromatic N) is 1. The molecule has 4 heteroatoms. The van der Waals surface area contributed by atoms with Crippen molar-refractivity contribution in [1.29, 1.82) is 0 Å². The van der Waals surface area contributed by atoms with Crippen LogP contribution in [0.25, 0.3) is 0 Å². The van der Waals surface area contributed by atoms with Crippen molar-refractivity contribution in [3.63, 3.8) is 0 Å². The van der Waals surface area contributed by atoms with Gasteiger partial charge in [0.1, 0.15) is 0 Å². The largest absolute Gasteiger partial charge is 0.454 e. The Morgan fingerprint density at radius 1 is 1.22 bits per heavy atom. The highest BCUT2D eigenvalue weighted by Gasteiger charge is 2.38. The van der Waals surface area contributed by atoms with Gasteiger partial charge in [-0.3, -0.25) is 0 Å². The normalized spacial score (nSPS) is 19.6. The van der Waals surface area contributed by atoms with E-state index in [1.165, 1.54) is 0 Å². The van der Waals surface area contributed by atoms with Crippen LogP contribution < -0.4 is 9.47 Å². The van der Waals surface area contributed by atoms with Crippen LogP contribution in [0.15, 0.2) is 17.1 Å². The van der Waals surface area contributed by atoms with Gasteiger partial charge in [-0.1, -0.05) is 12.8 Å². The van der Waals surface area contributed by atoms with Crippen molar-refractivity contribution in [2.75, 3.05) is 6.79 Å². The monoisotopic (exact) mass is 245 g/mol. The molecule has 1 aliphatic heterocycles. The lowest BCUT2D eigenvalue weighted by Gasteiger charge is -2.25. The third kappa shape index (κ3) is 1.61. The van der Waals surface area contributed by atoms with Gasteiger partial charge in [0, 0.05) is 0 Å². The zero-order chi connectivity index (χ0) is 12.6. The molecule has 0 atom stereocenters. The van der Waals surface area contributed by atoms with Crippen LogP contribution in [-0.4, -0.2) is 12.9 Å². The Morgan fingerprint density at radius 2 is 1.89 bits per heavy atom. The first kappa shape index (κ1) is 11.3. The van der Waals surface area contributed by atoms with Gasteiger partial charge in [-0.15, -0.1) is 0 Å². The molecule has 1 saturated carbocycles. The second-order valence-electron chi connectivity index (χ2n) is 4.96. The quantitative estimate of drug-likeness (QED) is 0.594. The maximum atomic E-state index is 10.7. The minimum Gasteiger partial charge on any atom is -0.454 e. The van der Waals surface area contributed by atoms with E-state index in [1.54, 1.807) is 6.08 Å².